The number of nitrogens with one attached hydrogen (secondary N) is 1. The van der Waals surface area contributed by atoms with Crippen LogP contribution in [0.25, 0.3) is 0 Å². The van der Waals surface area contributed by atoms with E-state index >= 15 is 0 Å². The molecule has 0 radical (unpaired) electrons. The Kier molecular flexibility index (Phi) is 5.60. The molecule has 1 amide bonds. The van der Waals surface area contributed by atoms with E-state index in [2.05, 4.69) is 5.32 Å². The van der Waals surface area contributed by atoms with Crippen molar-refractivity contribution in [2.24, 2.45) is 0 Å². The Hall–Kier alpha value is -2.05. The summed E-state index contributed by atoms with van der Waals surface area (Å²) >= 11 is 5.94. The van der Waals surface area contributed by atoms with Crippen LogP contribution in [0.1, 0.15) is 12.5 Å². The summed E-state index contributed by atoms with van der Waals surface area (Å²) in [5, 5.41) is 2.70. The molecule has 0 bridgehead atoms. The highest BCUT2D eigenvalue weighted by Gasteiger charge is 2.21. The Morgan fingerprint density at radius 3 is 2.72 bits per heavy atom. The van der Waals surface area contributed by atoms with Gasteiger partial charge in [0.05, 0.1) is 0 Å². The largest absolute Gasteiger partial charge is 0.486 e. The topological polar surface area (TPSA) is 64.6 Å². The number of anilines is 1. The fraction of sp³-hybridized carbons (Fsp3) is 0.278. The van der Waals surface area contributed by atoms with Crippen molar-refractivity contribution in [3.8, 4) is 11.5 Å². The monoisotopic (exact) mass is 379 g/mol. The number of benzene rings is 2. The van der Waals surface area contributed by atoms with Gasteiger partial charge in [0.2, 0.25) is 5.91 Å². The first-order valence-electron chi connectivity index (χ1n) is 7.85. The average Bonchev–Trinajstić information content (AvgIpc) is 2.61. The fourth-order valence-corrected chi connectivity index (χ4v) is 3.67. The molecule has 0 spiro atoms. The predicted octanol–water partition coefficient (Wildman–Crippen LogP) is 3.39. The van der Waals surface area contributed by atoms with Gasteiger partial charge in [0.1, 0.15) is 18.5 Å². The minimum atomic E-state index is -1.36. The number of amides is 1. The lowest BCUT2D eigenvalue weighted by Crippen LogP contribution is -2.29. The molecule has 0 aromatic heterocycles. The van der Waals surface area contributed by atoms with Crippen LogP contribution >= 0.6 is 11.6 Å². The number of carbonyl (C=O) groups excluding carboxylic acids is 1. The Labute approximate surface area is 153 Å². The molecule has 5 nitrogen and oxygen atoms in total. The molecule has 0 saturated heterocycles. The molecule has 2 aromatic rings. The summed E-state index contributed by atoms with van der Waals surface area (Å²) in [6.07, 6.45) is 0. The van der Waals surface area contributed by atoms with Gasteiger partial charge in [-0.05, 0) is 36.8 Å². The molecule has 2 aromatic carbocycles. The van der Waals surface area contributed by atoms with Crippen molar-refractivity contribution >= 4 is 34.0 Å². The maximum absolute atomic E-state index is 12.5. The Morgan fingerprint density at radius 1 is 1.20 bits per heavy atom. The van der Waals surface area contributed by atoms with Gasteiger partial charge < -0.3 is 14.8 Å². The van der Waals surface area contributed by atoms with E-state index in [-0.39, 0.29) is 11.7 Å². The van der Waals surface area contributed by atoms with Gasteiger partial charge >= 0.3 is 0 Å². The molecule has 1 heterocycles. The van der Waals surface area contributed by atoms with Gasteiger partial charge in [0.15, 0.2) is 11.5 Å². The van der Waals surface area contributed by atoms with Gasteiger partial charge in [-0.1, -0.05) is 23.7 Å². The zero-order chi connectivity index (χ0) is 17.8. The summed E-state index contributed by atoms with van der Waals surface area (Å²) in [5.41, 5.74) is 1.42. The second-order valence-corrected chi connectivity index (χ2v) is 7.84. The average molecular weight is 380 g/mol. The molecule has 1 N–H and O–H groups in total. The van der Waals surface area contributed by atoms with Crippen LogP contribution in [0.4, 0.5) is 5.69 Å². The van der Waals surface area contributed by atoms with Gasteiger partial charge in [-0.2, -0.15) is 0 Å². The summed E-state index contributed by atoms with van der Waals surface area (Å²) in [4.78, 5) is 12.4. The van der Waals surface area contributed by atoms with Crippen molar-refractivity contribution in [3.05, 3.63) is 53.1 Å². The number of hydrogen-bond acceptors (Lipinski definition) is 4. The quantitative estimate of drug-likeness (QED) is 0.864. The molecule has 1 aliphatic heterocycles. The highest BCUT2D eigenvalue weighted by Crippen LogP contribution is 2.32. The van der Waals surface area contributed by atoms with Gasteiger partial charge in [-0.25, -0.2) is 0 Å². The Balaban J connectivity index is 1.63. The zero-order valence-corrected chi connectivity index (χ0v) is 15.2. The van der Waals surface area contributed by atoms with E-state index in [1.807, 2.05) is 6.07 Å². The molecule has 132 valence electrons. The van der Waals surface area contributed by atoms with E-state index < -0.39 is 16.0 Å². The number of fused-ring (bicyclic) bond motifs is 1. The number of carbonyl (C=O) groups is 1. The van der Waals surface area contributed by atoms with Gasteiger partial charge in [0.25, 0.3) is 0 Å². The van der Waals surface area contributed by atoms with Crippen LogP contribution < -0.4 is 14.8 Å². The van der Waals surface area contributed by atoms with Crippen molar-refractivity contribution in [3.63, 3.8) is 0 Å². The van der Waals surface area contributed by atoms with Gasteiger partial charge in [0, 0.05) is 33.3 Å². The second-order valence-electron chi connectivity index (χ2n) is 5.64. The third kappa shape index (κ3) is 4.52. The molecule has 1 aliphatic rings. The van der Waals surface area contributed by atoms with Crippen LogP contribution in [0.15, 0.2) is 42.5 Å². The van der Waals surface area contributed by atoms with E-state index in [0.29, 0.717) is 35.4 Å². The highest BCUT2D eigenvalue weighted by atomic mass is 35.5. The minimum absolute atomic E-state index is 0.274. The zero-order valence-electron chi connectivity index (χ0n) is 13.7. The number of hydrogen-bond donors (Lipinski definition) is 1. The third-order valence-electron chi connectivity index (χ3n) is 3.77. The lowest BCUT2D eigenvalue weighted by molar-refractivity contribution is -0.115. The minimum Gasteiger partial charge on any atom is -0.486 e. The smallest absolute Gasteiger partial charge is 0.239 e. The van der Waals surface area contributed by atoms with Crippen molar-refractivity contribution in [2.75, 3.05) is 18.5 Å². The van der Waals surface area contributed by atoms with Crippen LogP contribution in [-0.2, 0) is 21.3 Å². The maximum Gasteiger partial charge on any atom is 0.239 e. The van der Waals surface area contributed by atoms with Crippen LogP contribution in [0.2, 0.25) is 5.02 Å². The molecule has 0 unspecified atom stereocenters. The van der Waals surface area contributed by atoms with Crippen molar-refractivity contribution in [2.45, 2.75) is 17.9 Å². The lowest BCUT2D eigenvalue weighted by Gasteiger charge is -2.19. The molecular weight excluding hydrogens is 362 g/mol. The van der Waals surface area contributed by atoms with Crippen LogP contribution in [-0.4, -0.2) is 28.6 Å². The van der Waals surface area contributed by atoms with Crippen molar-refractivity contribution in [1.29, 1.82) is 0 Å². The molecular formula is C18H18ClNO4S. The molecule has 3 rings (SSSR count). The van der Waals surface area contributed by atoms with E-state index in [1.165, 1.54) is 0 Å². The number of rotatable bonds is 5. The standard InChI is InChI=1S/C18H18ClNO4S/c1-12(25(22)11-13-3-2-4-14(19)9-13)18(21)20-15-5-6-16-17(10-15)24-8-7-23-16/h2-6,9-10,12H,7-8,11H2,1H3,(H,20,21)/t12-,25+/m0/s1. The first-order chi connectivity index (χ1) is 12.0. The molecule has 2 atom stereocenters. The third-order valence-corrected chi connectivity index (χ3v) is 5.63. The van der Waals surface area contributed by atoms with Crippen LogP contribution in [0, 0.1) is 0 Å². The van der Waals surface area contributed by atoms with Gasteiger partial charge in [-0.15, -0.1) is 0 Å². The fourth-order valence-electron chi connectivity index (χ4n) is 2.40. The number of halogens is 1. The van der Waals surface area contributed by atoms with E-state index in [1.54, 1.807) is 43.3 Å². The summed E-state index contributed by atoms with van der Waals surface area (Å²) in [6, 6.07) is 12.3. The second kappa shape index (κ2) is 7.89. The lowest BCUT2D eigenvalue weighted by atomic mass is 10.2. The van der Waals surface area contributed by atoms with E-state index in [0.717, 1.165) is 5.56 Å². The normalized spacial score (nSPS) is 15.3. The highest BCUT2D eigenvalue weighted by molar-refractivity contribution is 7.85. The molecule has 0 aliphatic carbocycles. The first-order valence-corrected chi connectivity index (χ1v) is 9.61. The summed E-state index contributed by atoms with van der Waals surface area (Å²) < 4.78 is 23.4. The number of ether oxygens (including phenoxy) is 2. The molecule has 0 saturated carbocycles. The van der Waals surface area contributed by atoms with Crippen molar-refractivity contribution in [1.82, 2.24) is 0 Å². The molecule has 7 heteroatoms. The summed E-state index contributed by atoms with van der Waals surface area (Å²) in [7, 11) is -1.36. The SMILES string of the molecule is C[C@@H](C(=O)Nc1ccc2c(c1)OCCO2)[S@](=O)Cc1cccc(Cl)c1. The molecule has 0 fully saturated rings. The van der Waals surface area contributed by atoms with Crippen LogP contribution in [0.3, 0.4) is 0 Å². The predicted molar refractivity (Wildman–Crippen MR) is 98.8 cm³/mol. The van der Waals surface area contributed by atoms with E-state index in [9.17, 15) is 9.00 Å². The summed E-state index contributed by atoms with van der Waals surface area (Å²) in [5.74, 6) is 1.21. The van der Waals surface area contributed by atoms with Crippen LogP contribution in [0.5, 0.6) is 11.5 Å². The Morgan fingerprint density at radius 2 is 1.96 bits per heavy atom. The first kappa shape index (κ1) is 17.8. The Bertz CT molecular complexity index is 811. The summed E-state index contributed by atoms with van der Waals surface area (Å²) in [6.45, 7) is 2.64. The van der Waals surface area contributed by atoms with Gasteiger partial charge in [-0.3, -0.25) is 9.00 Å². The molecule has 25 heavy (non-hydrogen) atoms. The maximum atomic E-state index is 12.5. The van der Waals surface area contributed by atoms with E-state index in [4.69, 9.17) is 21.1 Å². The van der Waals surface area contributed by atoms with Crippen molar-refractivity contribution < 1.29 is 18.5 Å².